The standard InChI is InChI=1S/C31H43F3N8O2/c1-21(2)36-28(43)24-6-5-7-26(24)38-27-25(31(32,33)34)20-35-30(39-27)37-23-10-8-22(9-11-23)29(44)42-18-16-41(17-19-42)15-14-40-12-3-4-13-40/h8-11,20-21,24,26H,3-7,12-19H2,1-2H3,(H,36,43)(H2,35,37,38,39)/t24-,26+/m0/s1. The van der Waals surface area contributed by atoms with Gasteiger partial charge in [0, 0.05) is 68.8 Å². The summed E-state index contributed by atoms with van der Waals surface area (Å²) < 4.78 is 41.5. The van der Waals surface area contributed by atoms with Gasteiger partial charge in [-0.2, -0.15) is 18.2 Å². The molecule has 44 heavy (non-hydrogen) atoms. The number of aromatic nitrogens is 2. The van der Waals surface area contributed by atoms with Crippen LogP contribution in [0.5, 0.6) is 0 Å². The molecule has 0 radical (unpaired) electrons. The van der Waals surface area contributed by atoms with Gasteiger partial charge in [-0.3, -0.25) is 14.5 Å². The Balaban J connectivity index is 1.19. The quantitative estimate of drug-likeness (QED) is 0.365. The summed E-state index contributed by atoms with van der Waals surface area (Å²) in [6.45, 7) is 11.2. The lowest BCUT2D eigenvalue weighted by molar-refractivity contribution is -0.137. The first-order valence-corrected chi connectivity index (χ1v) is 15.7. The van der Waals surface area contributed by atoms with Gasteiger partial charge in [0.05, 0.1) is 5.92 Å². The van der Waals surface area contributed by atoms with E-state index in [1.165, 1.54) is 25.9 Å². The summed E-state index contributed by atoms with van der Waals surface area (Å²) in [5, 5.41) is 8.72. The minimum Gasteiger partial charge on any atom is -0.366 e. The van der Waals surface area contributed by atoms with Gasteiger partial charge in [-0.05, 0) is 76.9 Å². The van der Waals surface area contributed by atoms with Crippen LogP contribution < -0.4 is 16.0 Å². The molecule has 2 aliphatic heterocycles. The van der Waals surface area contributed by atoms with Crippen molar-refractivity contribution in [2.45, 2.75) is 64.2 Å². The van der Waals surface area contributed by atoms with E-state index < -0.39 is 23.7 Å². The summed E-state index contributed by atoms with van der Waals surface area (Å²) in [5.74, 6) is -1.06. The summed E-state index contributed by atoms with van der Waals surface area (Å²) >= 11 is 0. The second-order valence-electron chi connectivity index (χ2n) is 12.3. The number of carbonyl (C=O) groups excluding carboxylic acids is 2. The van der Waals surface area contributed by atoms with E-state index >= 15 is 0 Å². The van der Waals surface area contributed by atoms with Gasteiger partial charge in [0.15, 0.2) is 0 Å². The van der Waals surface area contributed by atoms with Crippen LogP contribution >= 0.6 is 0 Å². The van der Waals surface area contributed by atoms with Crippen molar-refractivity contribution < 1.29 is 22.8 Å². The zero-order valence-corrected chi connectivity index (χ0v) is 25.5. The molecule has 1 aliphatic carbocycles. The molecular weight excluding hydrogens is 573 g/mol. The van der Waals surface area contributed by atoms with E-state index in [0.29, 0.717) is 37.2 Å². The molecule has 3 heterocycles. The van der Waals surface area contributed by atoms with Crippen molar-refractivity contribution in [3.8, 4) is 0 Å². The first-order valence-electron chi connectivity index (χ1n) is 15.7. The number of anilines is 3. The number of amides is 2. The lowest BCUT2D eigenvalue weighted by atomic mass is 10.0. The number of carbonyl (C=O) groups is 2. The lowest BCUT2D eigenvalue weighted by Crippen LogP contribution is -2.50. The molecule has 2 saturated heterocycles. The SMILES string of the molecule is CC(C)NC(=O)[C@H]1CCC[C@H]1Nc1nc(Nc2ccc(C(=O)N3CCN(CCN4CCCC4)CC3)cc2)ncc1C(F)(F)F. The summed E-state index contributed by atoms with van der Waals surface area (Å²) in [7, 11) is 0. The number of piperazine rings is 1. The Labute approximate surface area is 256 Å². The van der Waals surface area contributed by atoms with Crippen molar-refractivity contribution >= 4 is 29.3 Å². The van der Waals surface area contributed by atoms with E-state index in [4.69, 9.17) is 0 Å². The number of alkyl halides is 3. The van der Waals surface area contributed by atoms with Gasteiger partial charge in [-0.15, -0.1) is 0 Å². The van der Waals surface area contributed by atoms with Crippen LogP contribution in [0, 0.1) is 5.92 Å². The average Bonchev–Trinajstić information content (AvgIpc) is 3.68. The van der Waals surface area contributed by atoms with Crippen molar-refractivity contribution in [1.82, 2.24) is 30.0 Å². The van der Waals surface area contributed by atoms with Gasteiger partial charge in [0.2, 0.25) is 11.9 Å². The van der Waals surface area contributed by atoms with Gasteiger partial charge < -0.3 is 25.8 Å². The number of hydrogen-bond donors (Lipinski definition) is 3. The fourth-order valence-corrected chi connectivity index (χ4v) is 6.24. The Morgan fingerprint density at radius 3 is 2.23 bits per heavy atom. The Morgan fingerprint density at radius 1 is 0.932 bits per heavy atom. The molecule has 13 heteroatoms. The van der Waals surface area contributed by atoms with Crippen molar-refractivity contribution in [2.24, 2.45) is 5.92 Å². The van der Waals surface area contributed by atoms with Gasteiger partial charge in [-0.1, -0.05) is 6.42 Å². The van der Waals surface area contributed by atoms with Crippen LogP contribution in [0.4, 0.5) is 30.6 Å². The fraction of sp³-hybridized carbons (Fsp3) is 0.613. The van der Waals surface area contributed by atoms with E-state index in [9.17, 15) is 22.8 Å². The molecule has 5 rings (SSSR count). The predicted octanol–water partition coefficient (Wildman–Crippen LogP) is 4.20. The van der Waals surface area contributed by atoms with E-state index in [0.717, 1.165) is 38.8 Å². The second kappa shape index (κ2) is 14.1. The summed E-state index contributed by atoms with van der Waals surface area (Å²) in [6.07, 6.45) is 0.524. The maximum Gasteiger partial charge on any atom is 0.421 e. The highest BCUT2D eigenvalue weighted by Crippen LogP contribution is 2.37. The van der Waals surface area contributed by atoms with E-state index in [1.54, 1.807) is 24.3 Å². The third kappa shape index (κ3) is 8.17. The lowest BCUT2D eigenvalue weighted by Gasteiger charge is -2.35. The predicted molar refractivity (Wildman–Crippen MR) is 163 cm³/mol. The van der Waals surface area contributed by atoms with E-state index in [1.807, 2.05) is 18.7 Å². The minimum atomic E-state index is -4.67. The molecule has 1 aromatic carbocycles. The fourth-order valence-electron chi connectivity index (χ4n) is 6.24. The second-order valence-corrected chi connectivity index (χ2v) is 12.3. The number of benzene rings is 1. The molecule has 3 aliphatic rings. The topological polar surface area (TPSA) is 106 Å². The molecular formula is C31H43F3N8O2. The average molecular weight is 617 g/mol. The number of likely N-dealkylation sites (tertiary alicyclic amines) is 1. The molecule has 2 amide bonds. The highest BCUT2D eigenvalue weighted by atomic mass is 19.4. The third-order valence-electron chi connectivity index (χ3n) is 8.68. The summed E-state index contributed by atoms with van der Waals surface area (Å²) in [6, 6.07) is 6.24. The number of nitrogens with zero attached hydrogens (tertiary/aromatic N) is 5. The highest BCUT2D eigenvalue weighted by molar-refractivity contribution is 5.94. The first-order chi connectivity index (χ1) is 21.1. The molecule has 1 aromatic heterocycles. The van der Waals surface area contributed by atoms with Crippen LogP contribution in [0.15, 0.2) is 30.5 Å². The minimum absolute atomic E-state index is 0.0224. The molecule has 3 fully saturated rings. The monoisotopic (exact) mass is 616 g/mol. The molecule has 2 atom stereocenters. The van der Waals surface area contributed by atoms with Crippen molar-refractivity contribution in [1.29, 1.82) is 0 Å². The Kier molecular flexibility index (Phi) is 10.2. The van der Waals surface area contributed by atoms with Gasteiger partial charge >= 0.3 is 6.18 Å². The van der Waals surface area contributed by atoms with Crippen LogP contribution in [-0.4, -0.2) is 101 Å². The maximum atomic E-state index is 13.8. The maximum absolute atomic E-state index is 13.8. The van der Waals surface area contributed by atoms with E-state index in [-0.39, 0.29) is 29.6 Å². The summed E-state index contributed by atoms with van der Waals surface area (Å²) in [5.41, 5.74) is 0.0906. The molecule has 0 bridgehead atoms. The highest BCUT2D eigenvalue weighted by Gasteiger charge is 2.39. The van der Waals surface area contributed by atoms with Crippen LogP contribution in [-0.2, 0) is 11.0 Å². The Bertz CT molecular complexity index is 1280. The molecule has 1 saturated carbocycles. The van der Waals surface area contributed by atoms with Crippen molar-refractivity contribution in [3.63, 3.8) is 0 Å². The number of halogens is 3. The van der Waals surface area contributed by atoms with Crippen molar-refractivity contribution in [3.05, 3.63) is 41.6 Å². The number of nitrogens with one attached hydrogen (secondary N) is 3. The van der Waals surface area contributed by atoms with Gasteiger partial charge in [-0.25, -0.2) is 4.98 Å². The largest absolute Gasteiger partial charge is 0.421 e. The first kappa shape index (κ1) is 32.0. The van der Waals surface area contributed by atoms with Gasteiger partial charge in [0.25, 0.3) is 5.91 Å². The molecule has 0 spiro atoms. The Hall–Kier alpha value is -3.45. The van der Waals surface area contributed by atoms with Gasteiger partial charge in [0.1, 0.15) is 11.4 Å². The van der Waals surface area contributed by atoms with Crippen LogP contribution in [0.2, 0.25) is 0 Å². The number of hydrogen-bond acceptors (Lipinski definition) is 8. The van der Waals surface area contributed by atoms with Crippen molar-refractivity contribution in [2.75, 3.05) is 63.0 Å². The molecule has 2 aromatic rings. The molecule has 10 nitrogen and oxygen atoms in total. The molecule has 240 valence electrons. The Morgan fingerprint density at radius 2 is 1.59 bits per heavy atom. The number of rotatable bonds is 10. The third-order valence-corrected chi connectivity index (χ3v) is 8.68. The zero-order chi connectivity index (χ0) is 31.3. The smallest absolute Gasteiger partial charge is 0.366 e. The van der Waals surface area contributed by atoms with Crippen LogP contribution in [0.25, 0.3) is 0 Å². The molecule has 0 unspecified atom stereocenters. The van der Waals surface area contributed by atoms with E-state index in [2.05, 4.69) is 35.7 Å². The zero-order valence-electron chi connectivity index (χ0n) is 25.5. The van der Waals surface area contributed by atoms with Crippen LogP contribution in [0.3, 0.4) is 0 Å². The van der Waals surface area contributed by atoms with Crippen LogP contribution in [0.1, 0.15) is 61.9 Å². The summed E-state index contributed by atoms with van der Waals surface area (Å²) in [4.78, 5) is 40.6. The normalized spacial score (nSPS) is 21.5. The molecule has 3 N–H and O–H groups in total.